The van der Waals surface area contributed by atoms with Gasteiger partial charge in [-0.1, -0.05) is 72.3 Å². The predicted octanol–water partition coefficient (Wildman–Crippen LogP) is 5.76. The van der Waals surface area contributed by atoms with Crippen LogP contribution in [0.4, 0.5) is 13.2 Å². The fourth-order valence-electron chi connectivity index (χ4n) is 3.63. The summed E-state index contributed by atoms with van der Waals surface area (Å²) in [5.74, 6) is -0.150. The van der Waals surface area contributed by atoms with Gasteiger partial charge < -0.3 is 5.32 Å². The Kier molecular flexibility index (Phi) is 7.70. The lowest BCUT2D eigenvalue weighted by molar-refractivity contribution is -0.137. The van der Waals surface area contributed by atoms with Gasteiger partial charge in [-0.3, -0.25) is 10.1 Å². The van der Waals surface area contributed by atoms with Crippen molar-refractivity contribution >= 4 is 5.91 Å². The van der Waals surface area contributed by atoms with Crippen molar-refractivity contribution in [3.8, 4) is 0 Å². The van der Waals surface area contributed by atoms with Gasteiger partial charge in [0.25, 0.3) is 0 Å². The highest BCUT2D eigenvalue weighted by Crippen LogP contribution is 2.30. The third-order valence-electron chi connectivity index (χ3n) is 5.49. The summed E-state index contributed by atoms with van der Waals surface area (Å²) in [5.41, 5.74) is 3.15. The molecule has 3 aromatic rings. The molecule has 0 radical (unpaired) electrons. The van der Waals surface area contributed by atoms with E-state index in [1.54, 1.807) is 7.05 Å². The van der Waals surface area contributed by atoms with E-state index in [9.17, 15) is 18.0 Å². The van der Waals surface area contributed by atoms with Crippen LogP contribution in [0.5, 0.6) is 0 Å². The van der Waals surface area contributed by atoms with E-state index in [-0.39, 0.29) is 11.9 Å². The van der Waals surface area contributed by atoms with Gasteiger partial charge in [-0.05, 0) is 48.6 Å². The van der Waals surface area contributed by atoms with Crippen molar-refractivity contribution in [3.63, 3.8) is 0 Å². The number of aryl methyl sites for hydroxylation is 2. The number of hydrogen-bond donors (Lipinski definition) is 2. The average Bonchev–Trinajstić information content (AvgIpc) is 2.80. The zero-order valence-electron chi connectivity index (χ0n) is 18.1. The number of alkyl halides is 3. The molecule has 3 aromatic carbocycles. The standard InChI is InChI=1S/C26H27F3N2O/c1-18-8-13-20(14-9-18)23(17-12-19-10-15-22(16-11-19)26(27,28)29)31-24(25(32)30-2)21-6-4-3-5-7-21/h3-11,13-16,23-24,31H,12,17H2,1-2H3,(H,30,32)/t23-,24-/m0/s1. The first-order chi connectivity index (χ1) is 15.3. The minimum atomic E-state index is -4.35. The lowest BCUT2D eigenvalue weighted by Crippen LogP contribution is -2.38. The summed E-state index contributed by atoms with van der Waals surface area (Å²) in [5, 5.41) is 6.19. The SMILES string of the molecule is CNC(=O)[C@@H](N[C@@H](CCc1ccc(C(F)(F)F)cc1)c1ccc(C)cc1)c1ccccc1. The van der Waals surface area contributed by atoms with Gasteiger partial charge in [0.15, 0.2) is 0 Å². The van der Waals surface area contributed by atoms with Crippen molar-refractivity contribution < 1.29 is 18.0 Å². The third kappa shape index (κ3) is 6.20. The van der Waals surface area contributed by atoms with Crippen molar-refractivity contribution in [2.45, 2.75) is 38.0 Å². The Bertz CT molecular complexity index is 1000. The van der Waals surface area contributed by atoms with Crippen molar-refractivity contribution in [1.29, 1.82) is 0 Å². The van der Waals surface area contributed by atoms with Crippen LogP contribution in [0.1, 0.15) is 46.3 Å². The maximum Gasteiger partial charge on any atom is 0.416 e. The summed E-state index contributed by atoms with van der Waals surface area (Å²) in [7, 11) is 1.60. The summed E-state index contributed by atoms with van der Waals surface area (Å²) in [6.07, 6.45) is -3.16. The molecule has 168 valence electrons. The van der Waals surface area contributed by atoms with E-state index in [1.165, 1.54) is 12.1 Å². The van der Waals surface area contributed by atoms with E-state index in [2.05, 4.69) is 10.6 Å². The van der Waals surface area contributed by atoms with Gasteiger partial charge >= 0.3 is 6.18 Å². The van der Waals surface area contributed by atoms with Gasteiger partial charge in [0.05, 0.1) is 5.56 Å². The van der Waals surface area contributed by atoms with Crippen LogP contribution in [-0.2, 0) is 17.4 Å². The molecule has 6 heteroatoms. The second-order valence-electron chi connectivity index (χ2n) is 7.82. The minimum Gasteiger partial charge on any atom is -0.358 e. The smallest absolute Gasteiger partial charge is 0.358 e. The van der Waals surface area contributed by atoms with E-state index >= 15 is 0 Å². The first-order valence-electron chi connectivity index (χ1n) is 10.5. The summed E-state index contributed by atoms with van der Waals surface area (Å²) in [6, 6.07) is 22.1. The third-order valence-corrected chi connectivity index (χ3v) is 5.49. The highest BCUT2D eigenvalue weighted by molar-refractivity contribution is 5.83. The van der Waals surface area contributed by atoms with Crippen LogP contribution in [0.3, 0.4) is 0 Å². The number of amides is 1. The molecular formula is C26H27F3N2O. The summed E-state index contributed by atoms with van der Waals surface area (Å²) < 4.78 is 38.6. The first-order valence-corrected chi connectivity index (χ1v) is 10.5. The lowest BCUT2D eigenvalue weighted by Gasteiger charge is -2.26. The van der Waals surface area contributed by atoms with Crippen LogP contribution in [0.15, 0.2) is 78.9 Å². The average molecular weight is 441 g/mol. The van der Waals surface area contributed by atoms with E-state index in [0.717, 1.165) is 34.4 Å². The zero-order chi connectivity index (χ0) is 23.1. The Hall–Kier alpha value is -3.12. The second-order valence-corrected chi connectivity index (χ2v) is 7.82. The van der Waals surface area contributed by atoms with Gasteiger partial charge in [0.1, 0.15) is 6.04 Å². The van der Waals surface area contributed by atoms with Crippen LogP contribution in [-0.4, -0.2) is 13.0 Å². The number of carbonyl (C=O) groups excluding carboxylic acids is 1. The van der Waals surface area contributed by atoms with Gasteiger partial charge in [-0.15, -0.1) is 0 Å². The molecule has 0 saturated carbocycles. The number of nitrogens with one attached hydrogen (secondary N) is 2. The summed E-state index contributed by atoms with van der Waals surface area (Å²) in [4.78, 5) is 12.7. The molecule has 0 heterocycles. The summed E-state index contributed by atoms with van der Waals surface area (Å²) in [6.45, 7) is 2.01. The molecule has 32 heavy (non-hydrogen) atoms. The number of likely N-dealkylation sites (N-methyl/N-ethyl adjacent to an activating group) is 1. The van der Waals surface area contributed by atoms with Crippen LogP contribution < -0.4 is 10.6 Å². The molecule has 3 nitrogen and oxygen atoms in total. The molecule has 0 aliphatic rings. The molecule has 1 amide bonds. The molecule has 2 N–H and O–H groups in total. The molecule has 0 fully saturated rings. The van der Waals surface area contributed by atoms with Crippen LogP contribution in [0.2, 0.25) is 0 Å². The Labute approximate surface area is 186 Å². The first kappa shape index (κ1) is 23.5. The number of carbonyl (C=O) groups is 1. The number of halogens is 3. The minimum absolute atomic E-state index is 0.150. The van der Waals surface area contributed by atoms with Crippen molar-refractivity contribution in [3.05, 3.63) is 107 Å². The molecule has 0 saturated heterocycles. The number of benzene rings is 3. The fourth-order valence-corrected chi connectivity index (χ4v) is 3.63. The molecule has 0 spiro atoms. The maximum atomic E-state index is 12.9. The highest BCUT2D eigenvalue weighted by atomic mass is 19.4. The highest BCUT2D eigenvalue weighted by Gasteiger charge is 2.30. The van der Waals surface area contributed by atoms with Crippen LogP contribution >= 0.6 is 0 Å². The monoisotopic (exact) mass is 440 g/mol. The Balaban J connectivity index is 1.83. The van der Waals surface area contributed by atoms with Gasteiger partial charge in [-0.2, -0.15) is 13.2 Å². The molecule has 0 bridgehead atoms. The van der Waals surface area contributed by atoms with E-state index in [0.29, 0.717) is 12.8 Å². The van der Waals surface area contributed by atoms with Gasteiger partial charge in [-0.25, -0.2) is 0 Å². The van der Waals surface area contributed by atoms with Gasteiger partial charge in [0, 0.05) is 13.1 Å². The second kappa shape index (κ2) is 10.5. The fraction of sp³-hybridized carbons (Fsp3) is 0.269. The Morgan fingerprint density at radius 2 is 1.50 bits per heavy atom. The van der Waals surface area contributed by atoms with E-state index < -0.39 is 17.8 Å². The maximum absolute atomic E-state index is 12.9. The van der Waals surface area contributed by atoms with Crippen LogP contribution in [0, 0.1) is 6.92 Å². The zero-order valence-corrected chi connectivity index (χ0v) is 18.1. The van der Waals surface area contributed by atoms with E-state index in [4.69, 9.17) is 0 Å². The quantitative estimate of drug-likeness (QED) is 0.467. The molecule has 0 aromatic heterocycles. The largest absolute Gasteiger partial charge is 0.416 e. The molecule has 0 aliphatic carbocycles. The number of rotatable bonds is 8. The topological polar surface area (TPSA) is 41.1 Å². The van der Waals surface area contributed by atoms with Crippen molar-refractivity contribution in [1.82, 2.24) is 10.6 Å². The van der Waals surface area contributed by atoms with Crippen molar-refractivity contribution in [2.24, 2.45) is 0 Å². The lowest BCUT2D eigenvalue weighted by atomic mass is 9.95. The molecule has 2 atom stereocenters. The Morgan fingerprint density at radius 3 is 2.06 bits per heavy atom. The molecule has 0 unspecified atom stereocenters. The molecule has 0 aliphatic heterocycles. The predicted molar refractivity (Wildman–Crippen MR) is 120 cm³/mol. The Morgan fingerprint density at radius 1 is 0.875 bits per heavy atom. The molecular weight excluding hydrogens is 413 g/mol. The van der Waals surface area contributed by atoms with Crippen molar-refractivity contribution in [2.75, 3.05) is 7.05 Å². The number of hydrogen-bond acceptors (Lipinski definition) is 2. The normalized spacial score (nSPS) is 13.4. The molecule has 3 rings (SSSR count). The van der Waals surface area contributed by atoms with Crippen LogP contribution in [0.25, 0.3) is 0 Å². The van der Waals surface area contributed by atoms with Gasteiger partial charge in [0.2, 0.25) is 5.91 Å². The van der Waals surface area contributed by atoms with E-state index in [1.807, 2.05) is 61.5 Å². The summed E-state index contributed by atoms with van der Waals surface area (Å²) >= 11 is 0.